The molecule has 2 amide bonds. The summed E-state index contributed by atoms with van der Waals surface area (Å²) in [7, 11) is 0. The number of thiazole rings is 1. The van der Waals surface area contributed by atoms with Gasteiger partial charge in [-0.2, -0.15) is 0 Å². The Labute approximate surface area is 188 Å². The van der Waals surface area contributed by atoms with Crippen LogP contribution in [0.4, 0.5) is 0 Å². The Morgan fingerprint density at radius 2 is 2.03 bits per heavy atom. The summed E-state index contributed by atoms with van der Waals surface area (Å²) in [5.41, 5.74) is 0.670. The summed E-state index contributed by atoms with van der Waals surface area (Å²) in [6.45, 7) is 11.4. The third-order valence-electron chi connectivity index (χ3n) is 5.28. The number of piperidine rings is 1. The van der Waals surface area contributed by atoms with E-state index in [9.17, 15) is 9.59 Å². The maximum absolute atomic E-state index is 13.1. The summed E-state index contributed by atoms with van der Waals surface area (Å²) < 4.78 is 7.94. The van der Waals surface area contributed by atoms with E-state index in [1.807, 2.05) is 45.0 Å². The minimum Gasteiger partial charge on any atom is -0.373 e. The maximum atomic E-state index is 13.1. The first-order valence-electron chi connectivity index (χ1n) is 10.7. The lowest BCUT2D eigenvalue weighted by atomic mass is 9.95. The van der Waals surface area contributed by atoms with Gasteiger partial charge in [0.05, 0.1) is 29.5 Å². The van der Waals surface area contributed by atoms with E-state index >= 15 is 0 Å². The maximum Gasteiger partial charge on any atom is 0.247 e. The Kier molecular flexibility index (Phi) is 7.48. The van der Waals surface area contributed by atoms with Gasteiger partial charge in [0, 0.05) is 43.7 Å². The molecule has 1 unspecified atom stereocenters. The van der Waals surface area contributed by atoms with Crippen LogP contribution in [0.2, 0.25) is 0 Å². The number of hydrogen-bond acceptors (Lipinski definition) is 6. The predicted octanol–water partition coefficient (Wildman–Crippen LogP) is 2.72. The summed E-state index contributed by atoms with van der Waals surface area (Å²) in [6, 6.07) is -0.664. The first-order valence-corrected chi connectivity index (χ1v) is 11.6. The van der Waals surface area contributed by atoms with E-state index in [-0.39, 0.29) is 24.0 Å². The summed E-state index contributed by atoms with van der Waals surface area (Å²) in [5, 5.41) is 5.90. The van der Waals surface area contributed by atoms with Crippen molar-refractivity contribution in [1.82, 2.24) is 24.8 Å². The summed E-state index contributed by atoms with van der Waals surface area (Å²) >= 11 is 1.65. The van der Waals surface area contributed by atoms with Crippen LogP contribution in [0.1, 0.15) is 63.0 Å². The number of amides is 2. The Morgan fingerprint density at radius 3 is 2.61 bits per heavy atom. The molecule has 0 aliphatic carbocycles. The first kappa shape index (κ1) is 23.4. The fourth-order valence-electron chi connectivity index (χ4n) is 3.80. The van der Waals surface area contributed by atoms with Crippen LogP contribution in [-0.2, 0) is 20.9 Å². The largest absolute Gasteiger partial charge is 0.373 e. The highest BCUT2D eigenvalue weighted by Crippen LogP contribution is 2.28. The zero-order chi connectivity index (χ0) is 22.6. The molecule has 0 bridgehead atoms. The van der Waals surface area contributed by atoms with Crippen LogP contribution in [0.5, 0.6) is 0 Å². The van der Waals surface area contributed by atoms with E-state index in [0.29, 0.717) is 25.6 Å². The number of carbonyl (C=O) groups is 2. The molecule has 8 nitrogen and oxygen atoms in total. The average Bonchev–Trinajstić information content (AvgIpc) is 3.33. The van der Waals surface area contributed by atoms with Gasteiger partial charge in [-0.15, -0.1) is 11.3 Å². The van der Waals surface area contributed by atoms with E-state index in [1.54, 1.807) is 11.3 Å². The number of hydrogen-bond donors (Lipinski definition) is 1. The molecular formula is C22H33N5O3S. The number of imidazole rings is 1. The van der Waals surface area contributed by atoms with E-state index in [4.69, 9.17) is 4.74 Å². The molecule has 1 N–H and O–H groups in total. The summed E-state index contributed by atoms with van der Waals surface area (Å²) in [4.78, 5) is 35.7. The molecule has 2 aromatic heterocycles. The Morgan fingerprint density at radius 1 is 1.32 bits per heavy atom. The fraction of sp³-hybridized carbons (Fsp3) is 0.636. The number of aryl methyl sites for hydroxylation is 1. The molecule has 3 rings (SSSR count). The molecule has 1 atom stereocenters. The first-order chi connectivity index (χ1) is 14.6. The van der Waals surface area contributed by atoms with Gasteiger partial charge in [0.1, 0.15) is 11.9 Å². The molecule has 0 saturated carbocycles. The molecule has 0 spiro atoms. The molecule has 0 aromatic carbocycles. The van der Waals surface area contributed by atoms with Gasteiger partial charge in [-0.3, -0.25) is 9.59 Å². The minimum absolute atomic E-state index is 0.0841. The minimum atomic E-state index is -0.664. The molecule has 1 aliphatic rings. The molecular weight excluding hydrogens is 414 g/mol. The van der Waals surface area contributed by atoms with E-state index in [1.165, 1.54) is 6.92 Å². The molecule has 2 aromatic rings. The van der Waals surface area contributed by atoms with Gasteiger partial charge in [0.15, 0.2) is 0 Å². The second-order valence-corrected chi connectivity index (χ2v) is 10.1. The lowest BCUT2D eigenvalue weighted by Crippen LogP contribution is -2.53. The lowest BCUT2D eigenvalue weighted by Gasteiger charge is -2.35. The Balaban J connectivity index is 1.60. The van der Waals surface area contributed by atoms with Crippen molar-refractivity contribution in [3.05, 3.63) is 34.3 Å². The van der Waals surface area contributed by atoms with E-state index in [2.05, 4.69) is 25.2 Å². The van der Waals surface area contributed by atoms with Crippen LogP contribution in [0.25, 0.3) is 0 Å². The zero-order valence-electron chi connectivity index (χ0n) is 19.1. The van der Waals surface area contributed by atoms with Crippen LogP contribution in [0.3, 0.4) is 0 Å². The van der Waals surface area contributed by atoms with Crippen LogP contribution < -0.4 is 5.32 Å². The van der Waals surface area contributed by atoms with Gasteiger partial charge in [0.25, 0.3) is 0 Å². The number of rotatable bonds is 7. The van der Waals surface area contributed by atoms with Crippen molar-refractivity contribution in [3.63, 3.8) is 0 Å². The number of ether oxygens (including phenoxy) is 1. The van der Waals surface area contributed by atoms with Crippen molar-refractivity contribution in [2.75, 3.05) is 19.7 Å². The van der Waals surface area contributed by atoms with Crippen molar-refractivity contribution in [3.8, 4) is 0 Å². The monoisotopic (exact) mass is 447 g/mol. The predicted molar refractivity (Wildman–Crippen MR) is 120 cm³/mol. The normalized spacial score (nSPS) is 16.4. The average molecular weight is 448 g/mol. The zero-order valence-corrected chi connectivity index (χ0v) is 19.9. The van der Waals surface area contributed by atoms with Gasteiger partial charge in [-0.25, -0.2) is 9.97 Å². The standard InChI is InChI=1S/C22H33N5O3S/c1-15(28)24-19(13-30-22(3,4)5)21(29)26-9-6-17(7-10-26)20-23-8-11-27(20)12-18-14-31-16(2)25-18/h8,11,14,17,19H,6-7,9-10,12-13H2,1-5H3,(H,24,28). The molecule has 9 heteroatoms. The molecule has 1 aliphatic heterocycles. The van der Waals surface area contributed by atoms with Gasteiger partial charge < -0.3 is 19.5 Å². The van der Waals surface area contributed by atoms with Crippen LogP contribution in [0, 0.1) is 6.92 Å². The van der Waals surface area contributed by atoms with E-state index < -0.39 is 6.04 Å². The van der Waals surface area contributed by atoms with Crippen molar-refractivity contribution in [1.29, 1.82) is 0 Å². The van der Waals surface area contributed by atoms with Gasteiger partial charge >= 0.3 is 0 Å². The second kappa shape index (κ2) is 9.91. The van der Waals surface area contributed by atoms with Crippen molar-refractivity contribution < 1.29 is 14.3 Å². The van der Waals surface area contributed by atoms with Crippen LogP contribution in [0.15, 0.2) is 17.8 Å². The third-order valence-corrected chi connectivity index (χ3v) is 6.10. The van der Waals surface area contributed by atoms with Crippen molar-refractivity contribution in [2.24, 2.45) is 0 Å². The number of nitrogens with zero attached hydrogens (tertiary/aromatic N) is 4. The van der Waals surface area contributed by atoms with Gasteiger partial charge in [-0.05, 0) is 40.5 Å². The molecule has 1 saturated heterocycles. The van der Waals surface area contributed by atoms with Crippen LogP contribution in [-0.4, -0.2) is 62.6 Å². The van der Waals surface area contributed by atoms with Crippen molar-refractivity contribution >= 4 is 23.2 Å². The molecule has 31 heavy (non-hydrogen) atoms. The highest BCUT2D eigenvalue weighted by atomic mass is 32.1. The molecule has 3 heterocycles. The highest BCUT2D eigenvalue weighted by molar-refractivity contribution is 7.09. The smallest absolute Gasteiger partial charge is 0.247 e. The molecule has 1 fully saturated rings. The Hall–Kier alpha value is -2.26. The third kappa shape index (κ3) is 6.61. The highest BCUT2D eigenvalue weighted by Gasteiger charge is 2.31. The number of carbonyl (C=O) groups excluding carboxylic acids is 2. The number of likely N-dealkylation sites (tertiary alicyclic amines) is 1. The topological polar surface area (TPSA) is 89.4 Å². The fourth-order valence-corrected chi connectivity index (χ4v) is 4.41. The summed E-state index contributed by atoms with van der Waals surface area (Å²) in [5.74, 6) is 1.03. The Bertz CT molecular complexity index is 893. The van der Waals surface area contributed by atoms with Gasteiger partial charge in [-0.1, -0.05) is 0 Å². The number of nitrogens with one attached hydrogen (secondary N) is 1. The summed E-state index contributed by atoms with van der Waals surface area (Å²) in [6.07, 6.45) is 5.51. The molecule has 0 radical (unpaired) electrons. The lowest BCUT2D eigenvalue weighted by molar-refractivity contribution is -0.140. The van der Waals surface area contributed by atoms with Crippen molar-refractivity contribution in [2.45, 2.75) is 71.6 Å². The SMILES string of the molecule is CC(=O)NC(COC(C)(C)C)C(=O)N1CCC(c2nccn2Cc2csc(C)n2)CC1. The number of aromatic nitrogens is 3. The second-order valence-electron chi connectivity index (χ2n) is 9.05. The van der Waals surface area contributed by atoms with Crippen LogP contribution >= 0.6 is 11.3 Å². The molecule has 170 valence electrons. The quantitative estimate of drug-likeness (QED) is 0.705. The van der Waals surface area contributed by atoms with Gasteiger partial charge in [0.2, 0.25) is 11.8 Å². The van der Waals surface area contributed by atoms with E-state index in [0.717, 1.165) is 29.4 Å².